The van der Waals surface area contributed by atoms with Crippen LogP contribution in [0.3, 0.4) is 0 Å². The Morgan fingerprint density at radius 2 is 1.30 bits per heavy atom. The number of aliphatic hydroxyl groups is 2. The van der Waals surface area contributed by atoms with Crippen molar-refractivity contribution in [3.05, 3.63) is 57.6 Å². The molecule has 2 aromatic carbocycles. The van der Waals surface area contributed by atoms with Gasteiger partial charge in [-0.1, -0.05) is 63.1 Å². The lowest BCUT2D eigenvalue weighted by Gasteiger charge is -2.29. The third kappa shape index (κ3) is 5.55. The average Bonchev–Trinajstić information content (AvgIpc) is 2.66. The van der Waals surface area contributed by atoms with E-state index in [1.165, 1.54) is 11.1 Å². The van der Waals surface area contributed by atoms with Crippen molar-refractivity contribution in [2.75, 3.05) is 26.4 Å². The van der Waals surface area contributed by atoms with Gasteiger partial charge in [-0.3, -0.25) is 0 Å². The normalized spacial score (nSPS) is 12.7. The number of hydrogen-bond donors (Lipinski definition) is 2. The molecule has 2 N–H and O–H groups in total. The van der Waals surface area contributed by atoms with Crippen LogP contribution in [0.1, 0.15) is 73.4 Å². The molecule has 0 spiro atoms. The third-order valence-corrected chi connectivity index (χ3v) is 5.35. The van der Waals surface area contributed by atoms with Gasteiger partial charge in [-0.2, -0.15) is 0 Å². The van der Waals surface area contributed by atoms with Crippen LogP contribution in [0.2, 0.25) is 0 Å². The first kappa shape index (κ1) is 24.2. The van der Waals surface area contributed by atoms with E-state index in [2.05, 4.69) is 72.7 Å². The molecule has 1 atom stereocenters. The summed E-state index contributed by atoms with van der Waals surface area (Å²) in [5.41, 5.74) is 6.72. The molecular formula is C26H38O4. The van der Waals surface area contributed by atoms with Crippen molar-refractivity contribution in [2.24, 2.45) is 0 Å². The molecule has 4 nitrogen and oxygen atoms in total. The van der Waals surface area contributed by atoms with Crippen LogP contribution < -0.4 is 9.47 Å². The highest BCUT2D eigenvalue weighted by molar-refractivity contribution is 5.55. The van der Waals surface area contributed by atoms with Crippen LogP contribution in [0, 0.1) is 20.8 Å². The first-order valence-electron chi connectivity index (χ1n) is 10.9. The number of rotatable bonds is 9. The Hall–Kier alpha value is -2.04. The zero-order valence-electron chi connectivity index (χ0n) is 19.6. The summed E-state index contributed by atoms with van der Waals surface area (Å²) in [6, 6.07) is 8.68. The summed E-state index contributed by atoms with van der Waals surface area (Å²) in [6.45, 7) is 15.5. The van der Waals surface area contributed by atoms with Crippen LogP contribution in [0.25, 0.3) is 0 Å². The van der Waals surface area contributed by atoms with Gasteiger partial charge in [0, 0.05) is 22.6 Å². The van der Waals surface area contributed by atoms with Crippen molar-refractivity contribution in [1.82, 2.24) is 0 Å². The van der Waals surface area contributed by atoms with Crippen LogP contribution in [-0.2, 0) is 5.41 Å². The summed E-state index contributed by atoms with van der Waals surface area (Å²) >= 11 is 0. The summed E-state index contributed by atoms with van der Waals surface area (Å²) < 4.78 is 12.1. The van der Waals surface area contributed by atoms with Crippen molar-refractivity contribution in [3.63, 3.8) is 0 Å². The Bertz CT molecular complexity index is 849. The Labute approximate surface area is 181 Å². The fourth-order valence-corrected chi connectivity index (χ4v) is 4.12. The standard InChI is InChI=1S/C26H38O4/c1-8-20(21-14-17(2)13-19(4)24(21)29-11-9-27)22-15-18(3)16-23(26(5,6)7)25(22)30-12-10-28/h13-16,20,27-28H,8-12H2,1-7H3. The minimum Gasteiger partial charge on any atom is -0.491 e. The second kappa shape index (κ2) is 10.3. The van der Waals surface area contributed by atoms with Crippen molar-refractivity contribution in [1.29, 1.82) is 0 Å². The summed E-state index contributed by atoms with van der Waals surface area (Å²) in [7, 11) is 0. The molecule has 0 aliphatic heterocycles. The van der Waals surface area contributed by atoms with Gasteiger partial charge in [0.2, 0.25) is 0 Å². The molecule has 0 aliphatic rings. The molecule has 0 bridgehead atoms. The van der Waals surface area contributed by atoms with E-state index < -0.39 is 0 Å². The Morgan fingerprint density at radius 1 is 0.800 bits per heavy atom. The van der Waals surface area contributed by atoms with E-state index in [9.17, 15) is 10.2 Å². The Balaban J connectivity index is 2.76. The van der Waals surface area contributed by atoms with Crippen LogP contribution in [0.4, 0.5) is 0 Å². The minimum absolute atomic E-state index is 0.0208. The van der Waals surface area contributed by atoms with Crippen molar-refractivity contribution >= 4 is 0 Å². The van der Waals surface area contributed by atoms with Gasteiger partial charge in [-0.15, -0.1) is 0 Å². The zero-order valence-corrected chi connectivity index (χ0v) is 19.6. The fraction of sp³-hybridized carbons (Fsp3) is 0.538. The quantitative estimate of drug-likeness (QED) is 0.593. The highest BCUT2D eigenvalue weighted by Gasteiger charge is 2.28. The molecule has 0 aromatic heterocycles. The van der Waals surface area contributed by atoms with Gasteiger partial charge in [-0.25, -0.2) is 0 Å². The van der Waals surface area contributed by atoms with Gasteiger partial charge in [0.25, 0.3) is 0 Å². The molecule has 0 amide bonds. The largest absolute Gasteiger partial charge is 0.491 e. The molecule has 0 fully saturated rings. The van der Waals surface area contributed by atoms with E-state index in [0.717, 1.165) is 40.2 Å². The fourth-order valence-electron chi connectivity index (χ4n) is 4.12. The third-order valence-electron chi connectivity index (χ3n) is 5.35. The molecule has 0 saturated heterocycles. The molecule has 0 saturated carbocycles. The van der Waals surface area contributed by atoms with Crippen LogP contribution in [0.5, 0.6) is 11.5 Å². The topological polar surface area (TPSA) is 58.9 Å². The highest BCUT2D eigenvalue weighted by Crippen LogP contribution is 2.44. The lowest BCUT2D eigenvalue weighted by atomic mass is 9.79. The first-order valence-corrected chi connectivity index (χ1v) is 10.9. The van der Waals surface area contributed by atoms with E-state index in [1.54, 1.807) is 0 Å². The van der Waals surface area contributed by atoms with Crippen molar-refractivity contribution < 1.29 is 19.7 Å². The van der Waals surface area contributed by atoms with Gasteiger partial charge < -0.3 is 19.7 Å². The molecule has 1 unspecified atom stereocenters. The number of ether oxygens (including phenoxy) is 2. The van der Waals surface area contributed by atoms with Crippen molar-refractivity contribution in [3.8, 4) is 11.5 Å². The van der Waals surface area contributed by atoms with E-state index in [0.29, 0.717) is 0 Å². The average molecular weight is 415 g/mol. The lowest BCUT2D eigenvalue weighted by Crippen LogP contribution is -2.18. The maximum absolute atomic E-state index is 9.42. The maximum Gasteiger partial charge on any atom is 0.126 e. The number of hydrogen-bond acceptors (Lipinski definition) is 4. The summed E-state index contributed by atoms with van der Waals surface area (Å²) in [6.07, 6.45) is 0.876. The molecule has 0 heterocycles. The minimum atomic E-state index is -0.0947. The summed E-state index contributed by atoms with van der Waals surface area (Å²) in [5, 5.41) is 18.7. The predicted molar refractivity (Wildman–Crippen MR) is 123 cm³/mol. The monoisotopic (exact) mass is 414 g/mol. The molecule has 0 radical (unpaired) electrons. The molecule has 2 aromatic rings. The number of aryl methyl sites for hydroxylation is 3. The Kier molecular flexibility index (Phi) is 8.34. The molecule has 30 heavy (non-hydrogen) atoms. The van der Waals surface area contributed by atoms with Gasteiger partial charge in [0.15, 0.2) is 0 Å². The zero-order chi connectivity index (χ0) is 22.5. The maximum atomic E-state index is 9.42. The van der Waals surface area contributed by atoms with Gasteiger partial charge in [-0.05, 0) is 38.2 Å². The van der Waals surface area contributed by atoms with E-state index in [-0.39, 0.29) is 37.8 Å². The summed E-state index contributed by atoms with van der Waals surface area (Å²) in [4.78, 5) is 0. The van der Waals surface area contributed by atoms with Gasteiger partial charge >= 0.3 is 0 Å². The van der Waals surface area contributed by atoms with E-state index >= 15 is 0 Å². The number of aliphatic hydroxyl groups excluding tert-OH is 2. The number of benzene rings is 2. The lowest BCUT2D eigenvalue weighted by molar-refractivity contribution is 0.196. The van der Waals surface area contributed by atoms with Gasteiger partial charge in [0.1, 0.15) is 24.7 Å². The van der Waals surface area contributed by atoms with E-state index in [4.69, 9.17) is 9.47 Å². The Morgan fingerprint density at radius 3 is 1.80 bits per heavy atom. The smallest absolute Gasteiger partial charge is 0.126 e. The molecule has 4 heteroatoms. The molecule has 2 rings (SSSR count). The summed E-state index contributed by atoms with van der Waals surface area (Å²) in [5.74, 6) is 1.78. The van der Waals surface area contributed by atoms with Crippen LogP contribution in [0.15, 0.2) is 24.3 Å². The van der Waals surface area contributed by atoms with Crippen molar-refractivity contribution in [2.45, 2.75) is 66.2 Å². The van der Waals surface area contributed by atoms with E-state index in [1.807, 2.05) is 0 Å². The van der Waals surface area contributed by atoms with Crippen LogP contribution in [-0.4, -0.2) is 36.6 Å². The van der Waals surface area contributed by atoms with Crippen LogP contribution >= 0.6 is 0 Å². The SMILES string of the molecule is CCC(c1cc(C)cc(C)c1OCCO)c1cc(C)cc(C(C)(C)C)c1OCCO. The molecular weight excluding hydrogens is 376 g/mol. The highest BCUT2D eigenvalue weighted by atomic mass is 16.5. The predicted octanol–water partition coefficient (Wildman–Crippen LogP) is 5.19. The molecule has 0 aliphatic carbocycles. The molecule has 166 valence electrons. The second-order valence-electron chi connectivity index (χ2n) is 9.09. The first-order chi connectivity index (χ1) is 14.1. The van der Waals surface area contributed by atoms with Gasteiger partial charge in [0.05, 0.1) is 13.2 Å². The second-order valence-corrected chi connectivity index (χ2v) is 9.09.